The number of amides is 3. The number of aryl methyl sites for hydroxylation is 1. The van der Waals surface area contributed by atoms with Crippen LogP contribution in [0.3, 0.4) is 0 Å². The summed E-state index contributed by atoms with van der Waals surface area (Å²) in [6.45, 7) is 5.32. The van der Waals surface area contributed by atoms with Crippen LogP contribution in [0.5, 0.6) is 0 Å². The van der Waals surface area contributed by atoms with E-state index in [1.165, 1.54) is 0 Å². The van der Waals surface area contributed by atoms with Gasteiger partial charge in [-0.1, -0.05) is 35.9 Å². The zero-order valence-electron chi connectivity index (χ0n) is 17.6. The van der Waals surface area contributed by atoms with E-state index in [0.29, 0.717) is 50.7 Å². The minimum absolute atomic E-state index is 0.0739. The third-order valence-electron chi connectivity index (χ3n) is 5.65. The van der Waals surface area contributed by atoms with Gasteiger partial charge < -0.3 is 19.7 Å². The van der Waals surface area contributed by atoms with E-state index in [2.05, 4.69) is 14.9 Å². The van der Waals surface area contributed by atoms with Crippen molar-refractivity contribution in [2.45, 2.75) is 19.9 Å². The first kappa shape index (κ1) is 21.2. The van der Waals surface area contributed by atoms with Gasteiger partial charge in [0.15, 0.2) is 0 Å². The average molecular weight is 440 g/mol. The Bertz CT molecular complexity index is 1070. The van der Waals surface area contributed by atoms with Gasteiger partial charge in [-0.3, -0.25) is 4.79 Å². The lowest BCUT2D eigenvalue weighted by atomic mass is 10.1. The van der Waals surface area contributed by atoms with Gasteiger partial charge in [0.05, 0.1) is 17.5 Å². The number of carbonyl (C=O) groups excluding carboxylic acids is 2. The number of nitrogens with one attached hydrogen (secondary N) is 1. The van der Waals surface area contributed by atoms with Crippen molar-refractivity contribution in [1.29, 1.82) is 0 Å². The van der Waals surface area contributed by atoms with E-state index in [9.17, 15) is 9.59 Å². The van der Waals surface area contributed by atoms with Crippen LogP contribution in [0.15, 0.2) is 48.5 Å². The minimum atomic E-state index is -0.0909. The predicted molar refractivity (Wildman–Crippen MR) is 121 cm³/mol. The summed E-state index contributed by atoms with van der Waals surface area (Å²) < 4.78 is 2.11. The summed E-state index contributed by atoms with van der Waals surface area (Å²) in [5.74, 6) is 1.01. The van der Waals surface area contributed by atoms with Gasteiger partial charge in [0, 0.05) is 44.3 Å². The van der Waals surface area contributed by atoms with E-state index >= 15 is 0 Å². The number of hydrogen-bond donors (Lipinski definition) is 1. The number of nitrogens with zero attached hydrogens (tertiary/aromatic N) is 4. The average Bonchev–Trinajstić information content (AvgIpc) is 3.10. The van der Waals surface area contributed by atoms with Crippen molar-refractivity contribution in [3.8, 4) is 0 Å². The van der Waals surface area contributed by atoms with Crippen LogP contribution < -0.4 is 5.32 Å². The molecule has 2 heterocycles. The van der Waals surface area contributed by atoms with Crippen molar-refractivity contribution < 1.29 is 9.59 Å². The third-order valence-corrected chi connectivity index (χ3v) is 5.90. The highest BCUT2D eigenvalue weighted by Gasteiger charge is 2.24. The molecule has 0 spiro atoms. The molecule has 0 unspecified atom stereocenters. The maximum Gasteiger partial charge on any atom is 0.317 e. The van der Waals surface area contributed by atoms with E-state index in [1.54, 1.807) is 17.0 Å². The van der Waals surface area contributed by atoms with Crippen LogP contribution in [0, 0.1) is 6.92 Å². The zero-order valence-corrected chi connectivity index (χ0v) is 18.3. The summed E-state index contributed by atoms with van der Waals surface area (Å²) in [5.41, 5.74) is 2.98. The Kier molecular flexibility index (Phi) is 6.42. The van der Waals surface area contributed by atoms with Gasteiger partial charge in [-0.15, -0.1) is 0 Å². The van der Waals surface area contributed by atoms with E-state index in [0.717, 1.165) is 22.4 Å². The van der Waals surface area contributed by atoms with Crippen LogP contribution in [-0.4, -0.2) is 64.0 Å². The number of imidazole rings is 1. The summed E-state index contributed by atoms with van der Waals surface area (Å²) in [7, 11) is 0. The molecule has 1 aliphatic heterocycles. The summed E-state index contributed by atoms with van der Waals surface area (Å²) in [6.07, 6.45) is 0.349. The molecule has 8 heteroatoms. The molecule has 1 fully saturated rings. The molecule has 1 N–H and O–H groups in total. The largest absolute Gasteiger partial charge is 0.339 e. The second-order valence-corrected chi connectivity index (χ2v) is 8.14. The number of aromatic nitrogens is 2. The number of piperazine rings is 1. The Morgan fingerprint density at radius 1 is 1.00 bits per heavy atom. The lowest BCUT2D eigenvalue weighted by Crippen LogP contribution is -2.53. The first-order valence-corrected chi connectivity index (χ1v) is 10.9. The second kappa shape index (κ2) is 9.39. The molecule has 0 aliphatic carbocycles. The normalized spacial score (nSPS) is 14.1. The molecular formula is C23H26ClN5O2. The first-order valence-electron chi connectivity index (χ1n) is 10.5. The molecule has 0 atom stereocenters. The highest BCUT2D eigenvalue weighted by molar-refractivity contribution is 6.30. The Morgan fingerprint density at radius 2 is 1.68 bits per heavy atom. The molecule has 0 radical (unpaired) electrons. The highest BCUT2D eigenvalue weighted by Crippen LogP contribution is 2.15. The molecule has 4 rings (SSSR count). The number of fused-ring (bicyclic) bond motifs is 1. The molecule has 31 heavy (non-hydrogen) atoms. The summed E-state index contributed by atoms with van der Waals surface area (Å²) in [6, 6.07) is 15.2. The number of rotatable bonds is 5. The number of para-hydroxylation sites is 2. The molecule has 2 aromatic carbocycles. The van der Waals surface area contributed by atoms with Gasteiger partial charge in [0.2, 0.25) is 5.91 Å². The van der Waals surface area contributed by atoms with Crippen molar-refractivity contribution >= 4 is 34.6 Å². The lowest BCUT2D eigenvalue weighted by Gasteiger charge is -2.34. The van der Waals surface area contributed by atoms with Crippen LogP contribution in [0.25, 0.3) is 11.0 Å². The van der Waals surface area contributed by atoms with E-state index in [-0.39, 0.29) is 11.9 Å². The Morgan fingerprint density at radius 3 is 2.42 bits per heavy atom. The Labute approximate surface area is 186 Å². The molecule has 1 aromatic heterocycles. The Hall–Kier alpha value is -3.06. The van der Waals surface area contributed by atoms with Crippen molar-refractivity contribution in [3.05, 3.63) is 64.9 Å². The van der Waals surface area contributed by atoms with Gasteiger partial charge in [0.25, 0.3) is 0 Å². The third kappa shape index (κ3) is 4.99. The van der Waals surface area contributed by atoms with Gasteiger partial charge in [0.1, 0.15) is 5.82 Å². The van der Waals surface area contributed by atoms with Crippen molar-refractivity contribution in [3.63, 3.8) is 0 Å². The molecule has 1 aliphatic rings. The fourth-order valence-corrected chi connectivity index (χ4v) is 4.04. The number of benzene rings is 2. The molecular weight excluding hydrogens is 414 g/mol. The van der Waals surface area contributed by atoms with Crippen LogP contribution >= 0.6 is 11.6 Å². The van der Waals surface area contributed by atoms with Crippen LogP contribution in [0.4, 0.5) is 4.79 Å². The van der Waals surface area contributed by atoms with Gasteiger partial charge in [-0.25, -0.2) is 9.78 Å². The minimum Gasteiger partial charge on any atom is -0.339 e. The monoisotopic (exact) mass is 439 g/mol. The standard InChI is InChI=1S/C23H26ClN5O2/c1-17-26-20-4-2-3-5-21(20)29(17)11-10-25-23(31)28-14-12-27(13-15-28)22(30)16-18-6-8-19(24)9-7-18/h2-9H,10-16H2,1H3,(H,25,31). The van der Waals surface area contributed by atoms with Gasteiger partial charge in [-0.2, -0.15) is 0 Å². The number of urea groups is 1. The fourth-order valence-electron chi connectivity index (χ4n) is 3.91. The highest BCUT2D eigenvalue weighted by atomic mass is 35.5. The summed E-state index contributed by atoms with van der Waals surface area (Å²) in [4.78, 5) is 33.2. The SMILES string of the molecule is Cc1nc2ccccc2n1CCNC(=O)N1CCN(C(=O)Cc2ccc(Cl)cc2)CC1. The smallest absolute Gasteiger partial charge is 0.317 e. The van der Waals surface area contributed by atoms with Crippen LogP contribution in [-0.2, 0) is 17.8 Å². The van der Waals surface area contributed by atoms with Crippen LogP contribution in [0.2, 0.25) is 5.02 Å². The second-order valence-electron chi connectivity index (χ2n) is 7.70. The van der Waals surface area contributed by atoms with E-state index in [4.69, 9.17) is 11.6 Å². The number of carbonyl (C=O) groups is 2. The molecule has 162 valence electrons. The molecule has 0 bridgehead atoms. The first-order chi connectivity index (χ1) is 15.0. The lowest BCUT2D eigenvalue weighted by molar-refractivity contribution is -0.131. The Balaban J connectivity index is 1.23. The summed E-state index contributed by atoms with van der Waals surface area (Å²) in [5, 5.41) is 3.65. The van der Waals surface area contributed by atoms with E-state index < -0.39 is 0 Å². The number of hydrogen-bond acceptors (Lipinski definition) is 3. The summed E-state index contributed by atoms with van der Waals surface area (Å²) >= 11 is 5.90. The molecule has 0 saturated carbocycles. The topological polar surface area (TPSA) is 70.5 Å². The zero-order chi connectivity index (χ0) is 21.8. The number of halogens is 1. The fraction of sp³-hybridized carbons (Fsp3) is 0.348. The van der Waals surface area contributed by atoms with Crippen LogP contribution in [0.1, 0.15) is 11.4 Å². The molecule has 3 aromatic rings. The predicted octanol–water partition coefficient (Wildman–Crippen LogP) is 3.09. The molecule has 1 saturated heterocycles. The van der Waals surface area contributed by atoms with Gasteiger partial charge >= 0.3 is 6.03 Å². The van der Waals surface area contributed by atoms with Crippen molar-refractivity contribution in [1.82, 2.24) is 24.7 Å². The van der Waals surface area contributed by atoms with E-state index in [1.807, 2.05) is 48.2 Å². The van der Waals surface area contributed by atoms with Crippen molar-refractivity contribution in [2.24, 2.45) is 0 Å². The maximum absolute atomic E-state index is 12.5. The van der Waals surface area contributed by atoms with Gasteiger partial charge in [-0.05, 0) is 36.8 Å². The van der Waals surface area contributed by atoms with Crippen molar-refractivity contribution in [2.75, 3.05) is 32.7 Å². The molecule has 7 nitrogen and oxygen atoms in total. The molecule has 3 amide bonds. The maximum atomic E-state index is 12.5. The quantitative estimate of drug-likeness (QED) is 0.664.